The Morgan fingerprint density at radius 3 is 2.46 bits per heavy atom. The second-order valence-corrected chi connectivity index (χ2v) is 6.75. The fourth-order valence-corrected chi connectivity index (χ4v) is 5.16. The lowest BCUT2D eigenvalue weighted by Gasteiger charge is -2.49. The van der Waals surface area contributed by atoms with E-state index in [2.05, 4.69) is 20.8 Å². The van der Waals surface area contributed by atoms with Crippen LogP contribution >= 0.6 is 0 Å². The van der Waals surface area contributed by atoms with Gasteiger partial charge in [0.15, 0.2) is 0 Å². The highest BCUT2D eigenvalue weighted by molar-refractivity contribution is 5.11. The van der Waals surface area contributed by atoms with Crippen LogP contribution in [-0.4, -0.2) is 0 Å². The first-order valence-electron chi connectivity index (χ1n) is 6.04. The minimum atomic E-state index is 0.732. The van der Waals surface area contributed by atoms with Crippen LogP contribution < -0.4 is 0 Å². The molecule has 3 fully saturated rings. The summed E-state index contributed by atoms with van der Waals surface area (Å²) in [6.45, 7) is 7.63. The summed E-state index contributed by atoms with van der Waals surface area (Å²) in [5.41, 5.74) is 1.48. The average molecular weight is 178 g/mol. The van der Waals surface area contributed by atoms with Crippen LogP contribution in [0.25, 0.3) is 0 Å². The second kappa shape index (κ2) is 2.15. The van der Waals surface area contributed by atoms with E-state index < -0.39 is 0 Å². The lowest BCUT2D eigenvalue weighted by Crippen LogP contribution is -2.41. The molecule has 13 heavy (non-hydrogen) atoms. The highest BCUT2D eigenvalue weighted by atomic mass is 14.7. The van der Waals surface area contributed by atoms with E-state index in [0.29, 0.717) is 0 Å². The molecule has 5 atom stereocenters. The summed E-state index contributed by atoms with van der Waals surface area (Å²) < 4.78 is 0. The van der Waals surface area contributed by atoms with Crippen molar-refractivity contribution in [1.29, 1.82) is 0 Å². The van der Waals surface area contributed by atoms with Crippen LogP contribution in [0.1, 0.15) is 52.9 Å². The van der Waals surface area contributed by atoms with Crippen molar-refractivity contribution in [3.8, 4) is 0 Å². The molecule has 0 aromatic rings. The standard InChI is InChI=1S/C13H22/c1-9-4-5-10-6-12(2)7-11(10)13(9,3)8-12/h9-11H,4-8H2,1-3H3. The van der Waals surface area contributed by atoms with Crippen LogP contribution in [0, 0.1) is 28.6 Å². The molecule has 0 heteroatoms. The Morgan fingerprint density at radius 2 is 1.85 bits per heavy atom. The molecule has 3 rings (SSSR count). The van der Waals surface area contributed by atoms with E-state index in [1.54, 1.807) is 12.8 Å². The Bertz CT molecular complexity index is 244. The van der Waals surface area contributed by atoms with Gasteiger partial charge in [-0.1, -0.05) is 20.8 Å². The van der Waals surface area contributed by atoms with Crippen LogP contribution in [0.15, 0.2) is 0 Å². The highest BCUT2D eigenvalue weighted by Crippen LogP contribution is 2.70. The molecular weight excluding hydrogens is 156 g/mol. The van der Waals surface area contributed by atoms with Gasteiger partial charge in [0, 0.05) is 0 Å². The van der Waals surface area contributed by atoms with Crippen LogP contribution in [0.2, 0.25) is 0 Å². The van der Waals surface area contributed by atoms with E-state index in [1.165, 1.54) is 19.3 Å². The minimum Gasteiger partial charge on any atom is -0.0620 e. The SMILES string of the molecule is CC1CCC2CC3(C)CC2C1(C)C3. The van der Waals surface area contributed by atoms with Gasteiger partial charge in [0.2, 0.25) is 0 Å². The quantitative estimate of drug-likeness (QED) is 0.528. The lowest BCUT2D eigenvalue weighted by molar-refractivity contribution is 0.0000880. The van der Waals surface area contributed by atoms with Gasteiger partial charge in [-0.3, -0.25) is 0 Å². The maximum absolute atomic E-state index is 2.58. The second-order valence-electron chi connectivity index (χ2n) is 6.75. The summed E-state index contributed by atoms with van der Waals surface area (Å²) in [7, 11) is 0. The van der Waals surface area contributed by atoms with Gasteiger partial charge in [-0.25, -0.2) is 0 Å². The summed E-state index contributed by atoms with van der Waals surface area (Å²) in [5.74, 6) is 3.21. The molecule has 0 aliphatic heterocycles. The molecule has 0 amide bonds. The third kappa shape index (κ3) is 0.877. The molecule has 3 aliphatic carbocycles. The molecule has 0 nitrogen and oxygen atoms in total. The van der Waals surface area contributed by atoms with E-state index in [9.17, 15) is 0 Å². The molecule has 3 saturated carbocycles. The Kier molecular flexibility index (Phi) is 1.37. The third-order valence-corrected chi connectivity index (χ3v) is 5.79. The van der Waals surface area contributed by atoms with E-state index in [-0.39, 0.29) is 0 Å². The van der Waals surface area contributed by atoms with Gasteiger partial charge in [-0.15, -0.1) is 0 Å². The van der Waals surface area contributed by atoms with Crippen molar-refractivity contribution < 1.29 is 0 Å². The van der Waals surface area contributed by atoms with Crippen LogP contribution in [0.3, 0.4) is 0 Å². The van der Waals surface area contributed by atoms with Gasteiger partial charge in [0.1, 0.15) is 0 Å². The Morgan fingerprint density at radius 1 is 1.08 bits per heavy atom. The van der Waals surface area contributed by atoms with Crippen molar-refractivity contribution in [3.05, 3.63) is 0 Å². The number of hydrogen-bond acceptors (Lipinski definition) is 0. The van der Waals surface area contributed by atoms with Gasteiger partial charge in [-0.05, 0) is 60.7 Å². The van der Waals surface area contributed by atoms with Gasteiger partial charge < -0.3 is 0 Å². The summed E-state index contributed by atoms with van der Waals surface area (Å²) in [5, 5.41) is 0. The van der Waals surface area contributed by atoms with Crippen molar-refractivity contribution in [2.75, 3.05) is 0 Å². The predicted octanol–water partition coefficient (Wildman–Crippen LogP) is 3.86. The van der Waals surface area contributed by atoms with Crippen LogP contribution in [0.5, 0.6) is 0 Å². The molecule has 74 valence electrons. The molecule has 0 heterocycles. The molecule has 0 radical (unpaired) electrons. The topological polar surface area (TPSA) is 0 Å². The first-order valence-corrected chi connectivity index (χ1v) is 6.04. The van der Waals surface area contributed by atoms with Gasteiger partial charge in [-0.2, -0.15) is 0 Å². The van der Waals surface area contributed by atoms with Crippen LogP contribution in [-0.2, 0) is 0 Å². The maximum atomic E-state index is 2.58. The molecule has 0 aromatic carbocycles. The van der Waals surface area contributed by atoms with E-state index in [1.807, 2.05) is 0 Å². The monoisotopic (exact) mass is 178 g/mol. The van der Waals surface area contributed by atoms with Crippen LogP contribution in [0.4, 0.5) is 0 Å². The van der Waals surface area contributed by atoms with E-state index in [0.717, 1.165) is 28.6 Å². The molecule has 0 spiro atoms. The summed E-state index contributed by atoms with van der Waals surface area (Å²) >= 11 is 0. The normalized spacial score (nSPS) is 64.4. The molecule has 5 unspecified atom stereocenters. The fraction of sp³-hybridized carbons (Fsp3) is 1.00. The zero-order chi connectivity index (χ0) is 9.27. The zero-order valence-electron chi connectivity index (χ0n) is 9.27. The Hall–Kier alpha value is 0. The smallest absolute Gasteiger partial charge is 0.0264 e. The number of fused-ring (bicyclic) bond motifs is 1. The largest absolute Gasteiger partial charge is 0.0620 e. The van der Waals surface area contributed by atoms with Crippen molar-refractivity contribution >= 4 is 0 Å². The lowest BCUT2D eigenvalue weighted by atomic mass is 9.56. The molecule has 0 N–H and O–H groups in total. The molecular formula is C13H22. The third-order valence-electron chi connectivity index (χ3n) is 5.79. The van der Waals surface area contributed by atoms with E-state index >= 15 is 0 Å². The van der Waals surface area contributed by atoms with Crippen molar-refractivity contribution in [3.63, 3.8) is 0 Å². The van der Waals surface area contributed by atoms with E-state index in [4.69, 9.17) is 0 Å². The molecule has 0 aromatic heterocycles. The van der Waals surface area contributed by atoms with Gasteiger partial charge in [0.25, 0.3) is 0 Å². The van der Waals surface area contributed by atoms with Crippen molar-refractivity contribution in [2.45, 2.75) is 52.9 Å². The Labute approximate surface area is 82.1 Å². The van der Waals surface area contributed by atoms with Crippen molar-refractivity contribution in [2.24, 2.45) is 28.6 Å². The van der Waals surface area contributed by atoms with Crippen molar-refractivity contribution in [1.82, 2.24) is 0 Å². The first kappa shape index (κ1) is 8.32. The molecule has 3 aliphatic rings. The maximum Gasteiger partial charge on any atom is -0.0264 e. The fourth-order valence-electron chi connectivity index (χ4n) is 5.16. The summed E-state index contributed by atoms with van der Waals surface area (Å²) in [6.07, 6.45) is 7.69. The average Bonchev–Trinajstić information content (AvgIpc) is 2.48. The summed E-state index contributed by atoms with van der Waals surface area (Å²) in [6, 6.07) is 0. The molecule has 2 bridgehead atoms. The summed E-state index contributed by atoms with van der Waals surface area (Å²) in [4.78, 5) is 0. The first-order chi connectivity index (χ1) is 6.04. The minimum absolute atomic E-state index is 0.732. The van der Waals surface area contributed by atoms with Gasteiger partial charge in [0.05, 0.1) is 0 Å². The van der Waals surface area contributed by atoms with Gasteiger partial charge >= 0.3 is 0 Å². The molecule has 0 saturated heterocycles. The zero-order valence-corrected chi connectivity index (χ0v) is 9.27. The number of hydrogen-bond donors (Lipinski definition) is 0. The highest BCUT2D eigenvalue weighted by Gasteiger charge is 2.61. The predicted molar refractivity (Wildman–Crippen MR) is 55.4 cm³/mol. The Balaban J connectivity index is 2.01. The number of rotatable bonds is 0.